The molecule has 21 heavy (non-hydrogen) atoms. The number of nitrogens with two attached hydrogens (primary N) is 1. The summed E-state index contributed by atoms with van der Waals surface area (Å²) in [7, 11) is 0. The van der Waals surface area contributed by atoms with E-state index in [1.54, 1.807) is 24.3 Å². The highest BCUT2D eigenvalue weighted by Crippen LogP contribution is 2.30. The van der Waals surface area contributed by atoms with Crippen LogP contribution in [0.5, 0.6) is 5.75 Å². The molecule has 0 radical (unpaired) electrons. The molecule has 1 atom stereocenters. The van der Waals surface area contributed by atoms with Gasteiger partial charge in [-0.25, -0.2) is 0 Å². The first-order valence-corrected chi connectivity index (χ1v) is 6.73. The molecule has 0 spiro atoms. The monoisotopic (exact) mass is 312 g/mol. The van der Waals surface area contributed by atoms with Crippen LogP contribution in [-0.2, 0) is 6.42 Å². The van der Waals surface area contributed by atoms with E-state index in [9.17, 15) is 8.78 Å². The van der Waals surface area contributed by atoms with E-state index in [0.717, 1.165) is 5.56 Å². The largest absolute Gasteiger partial charge is 0.434 e. The fraction of sp³-hybridized carbons (Fsp3) is 0.200. The molecule has 0 amide bonds. The second-order valence-electron chi connectivity index (χ2n) is 4.43. The Morgan fingerprint density at radius 1 is 1.10 bits per heavy atom. The third-order valence-electron chi connectivity index (χ3n) is 3.09. The summed E-state index contributed by atoms with van der Waals surface area (Å²) in [4.78, 5) is 0. The van der Waals surface area contributed by atoms with Crippen LogP contribution >= 0.6 is 11.6 Å². The lowest BCUT2D eigenvalue weighted by Crippen LogP contribution is -2.30. The Bertz CT molecular complexity index is 595. The van der Waals surface area contributed by atoms with Gasteiger partial charge < -0.3 is 4.74 Å². The number of para-hydroxylation sites is 1. The van der Waals surface area contributed by atoms with E-state index in [1.807, 2.05) is 18.2 Å². The molecular formula is C15H15ClF2N2O. The highest BCUT2D eigenvalue weighted by atomic mass is 35.5. The molecule has 6 heteroatoms. The zero-order chi connectivity index (χ0) is 15.2. The van der Waals surface area contributed by atoms with Crippen LogP contribution in [0.1, 0.15) is 17.2 Å². The van der Waals surface area contributed by atoms with Crippen LogP contribution in [0.4, 0.5) is 8.78 Å². The van der Waals surface area contributed by atoms with E-state index < -0.39 is 6.61 Å². The Hall–Kier alpha value is -1.69. The summed E-state index contributed by atoms with van der Waals surface area (Å²) in [6.07, 6.45) is 0.458. The number of rotatable bonds is 6. The summed E-state index contributed by atoms with van der Waals surface area (Å²) in [5, 5.41) is 0.602. The molecule has 2 aromatic carbocycles. The summed E-state index contributed by atoms with van der Waals surface area (Å²) in [5.41, 5.74) is 4.05. The molecule has 0 fully saturated rings. The van der Waals surface area contributed by atoms with E-state index in [4.69, 9.17) is 17.4 Å². The SMILES string of the molecule is NNC(Cc1ccccc1Cl)c1ccccc1OC(F)F. The Labute approximate surface area is 126 Å². The van der Waals surface area contributed by atoms with Crippen LogP contribution in [-0.4, -0.2) is 6.61 Å². The minimum Gasteiger partial charge on any atom is -0.434 e. The first-order chi connectivity index (χ1) is 10.1. The smallest absolute Gasteiger partial charge is 0.387 e. The van der Waals surface area contributed by atoms with Crippen LogP contribution in [0.25, 0.3) is 0 Å². The van der Waals surface area contributed by atoms with Crippen molar-refractivity contribution in [2.45, 2.75) is 19.1 Å². The van der Waals surface area contributed by atoms with Crippen molar-refractivity contribution in [2.75, 3.05) is 0 Å². The van der Waals surface area contributed by atoms with Crippen molar-refractivity contribution in [3.05, 3.63) is 64.7 Å². The maximum absolute atomic E-state index is 12.5. The zero-order valence-electron chi connectivity index (χ0n) is 11.1. The summed E-state index contributed by atoms with van der Waals surface area (Å²) in [6.45, 7) is -2.88. The molecular weight excluding hydrogens is 298 g/mol. The van der Waals surface area contributed by atoms with Gasteiger partial charge in [0.25, 0.3) is 0 Å². The minimum absolute atomic E-state index is 0.0995. The predicted octanol–water partition coefficient (Wildman–Crippen LogP) is 3.69. The first-order valence-electron chi connectivity index (χ1n) is 6.35. The zero-order valence-corrected chi connectivity index (χ0v) is 11.9. The van der Waals surface area contributed by atoms with E-state index in [-0.39, 0.29) is 11.8 Å². The second kappa shape index (κ2) is 7.36. The Balaban J connectivity index is 2.27. The van der Waals surface area contributed by atoms with Gasteiger partial charge in [0.1, 0.15) is 5.75 Å². The molecule has 0 aliphatic rings. The van der Waals surface area contributed by atoms with Crippen molar-refractivity contribution in [2.24, 2.45) is 5.84 Å². The van der Waals surface area contributed by atoms with Gasteiger partial charge in [0.15, 0.2) is 0 Å². The summed E-state index contributed by atoms with van der Waals surface area (Å²) < 4.78 is 29.5. The fourth-order valence-corrected chi connectivity index (χ4v) is 2.33. The van der Waals surface area contributed by atoms with Crippen LogP contribution in [0.3, 0.4) is 0 Å². The maximum atomic E-state index is 12.5. The van der Waals surface area contributed by atoms with E-state index in [1.165, 1.54) is 6.07 Å². The molecule has 0 aliphatic heterocycles. The quantitative estimate of drug-likeness (QED) is 0.632. The van der Waals surface area contributed by atoms with Crippen LogP contribution in [0, 0.1) is 0 Å². The molecule has 0 aromatic heterocycles. The molecule has 3 nitrogen and oxygen atoms in total. The van der Waals surface area contributed by atoms with Gasteiger partial charge in [0, 0.05) is 10.6 Å². The standard InChI is InChI=1S/C15H15ClF2N2O/c16-12-7-3-1-5-10(12)9-13(20-19)11-6-2-4-8-14(11)21-15(17)18/h1-8,13,15,20H,9,19H2. The first kappa shape index (κ1) is 15.7. The molecule has 0 saturated carbocycles. The second-order valence-corrected chi connectivity index (χ2v) is 4.84. The third kappa shape index (κ3) is 4.14. The predicted molar refractivity (Wildman–Crippen MR) is 78.3 cm³/mol. The number of hydrogen-bond acceptors (Lipinski definition) is 3. The normalized spacial score (nSPS) is 12.4. The Morgan fingerprint density at radius 3 is 2.43 bits per heavy atom. The van der Waals surface area contributed by atoms with Crippen molar-refractivity contribution in [1.29, 1.82) is 0 Å². The number of benzene rings is 2. The summed E-state index contributed by atoms with van der Waals surface area (Å²) in [6, 6.07) is 13.5. The highest BCUT2D eigenvalue weighted by Gasteiger charge is 2.18. The minimum atomic E-state index is -2.88. The average molecular weight is 313 g/mol. The van der Waals surface area contributed by atoms with Gasteiger partial charge in [0.2, 0.25) is 0 Å². The number of hydrogen-bond donors (Lipinski definition) is 2. The maximum Gasteiger partial charge on any atom is 0.387 e. The van der Waals surface area contributed by atoms with Gasteiger partial charge in [0.05, 0.1) is 6.04 Å². The van der Waals surface area contributed by atoms with E-state index in [0.29, 0.717) is 17.0 Å². The third-order valence-corrected chi connectivity index (χ3v) is 3.46. The van der Waals surface area contributed by atoms with Crippen LogP contribution in [0.15, 0.2) is 48.5 Å². The van der Waals surface area contributed by atoms with Crippen molar-refractivity contribution in [3.8, 4) is 5.75 Å². The number of alkyl halides is 2. The molecule has 2 aromatic rings. The number of hydrazine groups is 1. The van der Waals surface area contributed by atoms with Crippen molar-refractivity contribution in [3.63, 3.8) is 0 Å². The Morgan fingerprint density at radius 2 is 1.76 bits per heavy atom. The molecule has 112 valence electrons. The molecule has 1 unspecified atom stereocenters. The molecule has 0 aliphatic carbocycles. The molecule has 3 N–H and O–H groups in total. The van der Waals surface area contributed by atoms with Gasteiger partial charge >= 0.3 is 6.61 Å². The fourth-order valence-electron chi connectivity index (χ4n) is 2.11. The average Bonchev–Trinajstić information content (AvgIpc) is 2.47. The topological polar surface area (TPSA) is 47.3 Å². The Kier molecular flexibility index (Phi) is 5.50. The van der Waals surface area contributed by atoms with Crippen LogP contribution < -0.4 is 16.0 Å². The number of halogens is 3. The van der Waals surface area contributed by atoms with E-state index in [2.05, 4.69) is 10.2 Å². The lowest BCUT2D eigenvalue weighted by Gasteiger charge is -2.20. The van der Waals surface area contributed by atoms with Gasteiger partial charge in [-0.15, -0.1) is 0 Å². The van der Waals surface area contributed by atoms with E-state index >= 15 is 0 Å². The van der Waals surface area contributed by atoms with Crippen molar-refractivity contribution < 1.29 is 13.5 Å². The van der Waals surface area contributed by atoms with Gasteiger partial charge in [-0.1, -0.05) is 48.0 Å². The number of nitrogens with one attached hydrogen (secondary N) is 1. The van der Waals surface area contributed by atoms with Crippen molar-refractivity contribution >= 4 is 11.6 Å². The van der Waals surface area contributed by atoms with Gasteiger partial charge in [-0.2, -0.15) is 8.78 Å². The van der Waals surface area contributed by atoms with Crippen molar-refractivity contribution in [1.82, 2.24) is 5.43 Å². The lowest BCUT2D eigenvalue weighted by molar-refractivity contribution is -0.0507. The summed E-state index contributed by atoms with van der Waals surface area (Å²) >= 11 is 6.12. The molecule has 0 saturated heterocycles. The van der Waals surface area contributed by atoms with Crippen LogP contribution in [0.2, 0.25) is 5.02 Å². The highest BCUT2D eigenvalue weighted by molar-refractivity contribution is 6.31. The molecule has 2 rings (SSSR count). The van der Waals surface area contributed by atoms with Gasteiger partial charge in [-0.3, -0.25) is 11.3 Å². The summed E-state index contributed by atoms with van der Waals surface area (Å²) in [5.74, 6) is 5.67. The van der Waals surface area contributed by atoms with Gasteiger partial charge in [-0.05, 0) is 24.1 Å². The molecule has 0 heterocycles. The molecule has 0 bridgehead atoms. The number of ether oxygens (including phenoxy) is 1. The lowest BCUT2D eigenvalue weighted by atomic mass is 9.98.